The summed E-state index contributed by atoms with van der Waals surface area (Å²) in [6.45, 7) is 0.270. The van der Waals surface area contributed by atoms with Gasteiger partial charge < -0.3 is 19.1 Å². The van der Waals surface area contributed by atoms with E-state index < -0.39 is 5.97 Å². The average Bonchev–Trinajstić information content (AvgIpc) is 3.40. The molecule has 0 bridgehead atoms. The van der Waals surface area contributed by atoms with Crippen molar-refractivity contribution in [2.75, 3.05) is 0 Å². The second kappa shape index (κ2) is 9.21. The molecule has 134 valence electrons. The molecule has 0 radical (unpaired) electrons. The SMILES string of the molecule is O=C([O-])c1ccc(COc2cc(-c3ccco3)cc(-c3cccs3)n2)cc1.[Na+]. The third kappa shape index (κ3) is 4.72. The first-order valence-electron chi connectivity index (χ1n) is 8.22. The Balaban J connectivity index is 0.00000225. The maximum Gasteiger partial charge on any atom is 1.00 e. The zero-order chi connectivity index (χ0) is 18.6. The first kappa shape index (κ1) is 20.4. The predicted molar refractivity (Wildman–Crippen MR) is 100 cm³/mol. The number of thiophene rings is 1. The molecule has 28 heavy (non-hydrogen) atoms. The number of hydrogen-bond donors (Lipinski definition) is 0. The van der Waals surface area contributed by atoms with Gasteiger partial charge in [-0.25, -0.2) is 4.98 Å². The summed E-state index contributed by atoms with van der Waals surface area (Å²) in [5.74, 6) is 0.00511. The van der Waals surface area contributed by atoms with Gasteiger partial charge >= 0.3 is 29.6 Å². The van der Waals surface area contributed by atoms with E-state index in [9.17, 15) is 9.90 Å². The number of furan rings is 1. The number of rotatable bonds is 6. The number of carbonyl (C=O) groups is 1. The molecule has 1 aromatic carbocycles. The van der Waals surface area contributed by atoms with Gasteiger partial charge in [0.1, 0.15) is 12.4 Å². The average molecular weight is 399 g/mol. The molecule has 0 saturated carbocycles. The molecular weight excluding hydrogens is 385 g/mol. The molecule has 0 fully saturated rings. The molecule has 0 atom stereocenters. The molecule has 0 amide bonds. The molecule has 0 aliphatic rings. The number of aromatic carboxylic acids is 1. The van der Waals surface area contributed by atoms with E-state index in [2.05, 4.69) is 4.98 Å². The quantitative estimate of drug-likeness (QED) is 0.453. The number of pyridine rings is 1. The van der Waals surface area contributed by atoms with Crippen molar-refractivity contribution < 1.29 is 48.6 Å². The van der Waals surface area contributed by atoms with E-state index in [1.807, 2.05) is 41.8 Å². The van der Waals surface area contributed by atoms with E-state index in [-0.39, 0.29) is 41.7 Å². The van der Waals surface area contributed by atoms with Crippen LogP contribution in [0, 0.1) is 0 Å². The Morgan fingerprint density at radius 2 is 1.93 bits per heavy atom. The van der Waals surface area contributed by atoms with Crippen LogP contribution in [0.25, 0.3) is 21.9 Å². The minimum Gasteiger partial charge on any atom is -0.545 e. The molecule has 7 heteroatoms. The van der Waals surface area contributed by atoms with Gasteiger partial charge in [0.25, 0.3) is 0 Å². The fourth-order valence-corrected chi connectivity index (χ4v) is 3.30. The standard InChI is InChI=1S/C21H15NO4S.Na/c23-21(24)15-7-5-14(6-8-15)13-26-20-12-16(18-3-1-9-25-18)11-17(22-20)19-4-2-10-27-19;/h1-12H,13H2,(H,23,24);/q;+1/p-1. The molecular formula is C21H14NNaO4S. The van der Waals surface area contributed by atoms with E-state index >= 15 is 0 Å². The Kier molecular flexibility index (Phi) is 6.70. The molecule has 0 saturated heterocycles. The van der Waals surface area contributed by atoms with Gasteiger partial charge in [0, 0.05) is 11.6 Å². The number of carboxylic acids is 1. The van der Waals surface area contributed by atoms with Crippen molar-refractivity contribution in [1.29, 1.82) is 0 Å². The Morgan fingerprint density at radius 1 is 1.11 bits per heavy atom. The van der Waals surface area contributed by atoms with E-state index in [0.29, 0.717) is 5.88 Å². The van der Waals surface area contributed by atoms with Gasteiger partial charge in [0.05, 0.1) is 22.8 Å². The summed E-state index contributed by atoms with van der Waals surface area (Å²) in [5, 5.41) is 12.8. The summed E-state index contributed by atoms with van der Waals surface area (Å²) >= 11 is 1.60. The zero-order valence-electron chi connectivity index (χ0n) is 15.1. The molecule has 0 N–H and O–H groups in total. The van der Waals surface area contributed by atoms with Crippen molar-refractivity contribution >= 4 is 17.3 Å². The van der Waals surface area contributed by atoms with Crippen molar-refractivity contribution in [2.45, 2.75) is 6.61 Å². The summed E-state index contributed by atoms with van der Waals surface area (Å²) < 4.78 is 11.4. The minimum absolute atomic E-state index is 0. The number of ether oxygens (including phenoxy) is 1. The fourth-order valence-electron chi connectivity index (χ4n) is 2.61. The van der Waals surface area contributed by atoms with Crippen LogP contribution >= 0.6 is 11.3 Å². The van der Waals surface area contributed by atoms with Gasteiger partial charge in [0.15, 0.2) is 0 Å². The fraction of sp³-hybridized carbons (Fsp3) is 0.0476. The van der Waals surface area contributed by atoms with Gasteiger partial charge in [0.2, 0.25) is 5.88 Å². The van der Waals surface area contributed by atoms with E-state index in [0.717, 1.165) is 27.5 Å². The maximum absolute atomic E-state index is 10.8. The van der Waals surface area contributed by atoms with Crippen LogP contribution in [0.5, 0.6) is 5.88 Å². The molecule has 0 spiro atoms. The van der Waals surface area contributed by atoms with E-state index in [4.69, 9.17) is 9.15 Å². The van der Waals surface area contributed by atoms with Crippen LogP contribution in [-0.2, 0) is 6.61 Å². The number of carbonyl (C=O) groups excluding carboxylic acids is 1. The largest absolute Gasteiger partial charge is 1.00 e. The Labute approximate surface area is 187 Å². The number of aromatic nitrogens is 1. The van der Waals surface area contributed by atoms with Crippen LogP contribution < -0.4 is 39.4 Å². The van der Waals surface area contributed by atoms with Gasteiger partial charge in [-0.3, -0.25) is 0 Å². The first-order valence-corrected chi connectivity index (χ1v) is 9.10. The van der Waals surface area contributed by atoms with Crippen LogP contribution in [0.15, 0.2) is 76.7 Å². The smallest absolute Gasteiger partial charge is 0.545 e. The van der Waals surface area contributed by atoms with Crippen molar-refractivity contribution in [3.05, 3.63) is 83.4 Å². The van der Waals surface area contributed by atoms with Crippen LogP contribution in [0.3, 0.4) is 0 Å². The van der Waals surface area contributed by atoms with E-state index in [1.165, 1.54) is 12.1 Å². The van der Waals surface area contributed by atoms with Crippen molar-refractivity contribution in [3.8, 4) is 27.8 Å². The normalized spacial score (nSPS) is 10.3. The van der Waals surface area contributed by atoms with E-state index in [1.54, 1.807) is 29.7 Å². The molecule has 5 nitrogen and oxygen atoms in total. The van der Waals surface area contributed by atoms with Gasteiger partial charge in [-0.15, -0.1) is 11.3 Å². The molecule has 0 unspecified atom stereocenters. The summed E-state index contributed by atoms with van der Waals surface area (Å²) in [5.41, 5.74) is 2.65. The topological polar surface area (TPSA) is 75.4 Å². The third-order valence-electron chi connectivity index (χ3n) is 3.96. The Bertz CT molecular complexity index is 992. The van der Waals surface area contributed by atoms with Crippen molar-refractivity contribution in [3.63, 3.8) is 0 Å². The van der Waals surface area contributed by atoms with Gasteiger partial charge in [-0.2, -0.15) is 0 Å². The summed E-state index contributed by atoms with van der Waals surface area (Å²) in [6.07, 6.45) is 1.62. The minimum atomic E-state index is -1.20. The van der Waals surface area contributed by atoms with Gasteiger partial charge in [-0.1, -0.05) is 30.3 Å². The van der Waals surface area contributed by atoms with Crippen molar-refractivity contribution in [2.24, 2.45) is 0 Å². The first-order chi connectivity index (χ1) is 13.2. The number of carboxylic acid groups (broad SMARTS) is 1. The number of hydrogen-bond acceptors (Lipinski definition) is 6. The van der Waals surface area contributed by atoms with Gasteiger partial charge in [-0.05, 0) is 40.8 Å². The molecule has 0 aliphatic heterocycles. The third-order valence-corrected chi connectivity index (χ3v) is 4.85. The van der Waals surface area contributed by atoms with Crippen LogP contribution in [0.1, 0.15) is 15.9 Å². The maximum atomic E-state index is 10.8. The second-order valence-electron chi connectivity index (χ2n) is 5.81. The molecule has 4 rings (SSSR count). The second-order valence-corrected chi connectivity index (χ2v) is 6.75. The predicted octanol–water partition coefficient (Wildman–Crippen LogP) is 1.02. The van der Waals surface area contributed by atoms with Crippen molar-refractivity contribution in [1.82, 2.24) is 4.98 Å². The van der Waals surface area contributed by atoms with Crippen LogP contribution in [0.2, 0.25) is 0 Å². The van der Waals surface area contributed by atoms with Crippen LogP contribution in [-0.4, -0.2) is 11.0 Å². The molecule has 4 aromatic rings. The molecule has 0 aliphatic carbocycles. The Morgan fingerprint density at radius 3 is 2.57 bits per heavy atom. The molecule has 3 aromatic heterocycles. The monoisotopic (exact) mass is 399 g/mol. The zero-order valence-corrected chi connectivity index (χ0v) is 17.9. The summed E-state index contributed by atoms with van der Waals surface area (Å²) in [7, 11) is 0. The number of nitrogens with zero attached hydrogens (tertiary/aromatic N) is 1. The summed E-state index contributed by atoms with van der Waals surface area (Å²) in [6, 6.07) is 17.9. The number of benzene rings is 1. The summed E-state index contributed by atoms with van der Waals surface area (Å²) in [4.78, 5) is 16.5. The molecule has 3 heterocycles. The van der Waals surface area contributed by atoms with Crippen LogP contribution in [0.4, 0.5) is 0 Å². The Hall–Kier alpha value is -2.38.